The molecule has 0 bridgehead atoms. The molecule has 0 radical (unpaired) electrons. The third-order valence-electron chi connectivity index (χ3n) is 6.29. The third-order valence-corrected chi connectivity index (χ3v) is 6.69. The van der Waals surface area contributed by atoms with E-state index in [4.69, 9.17) is 17.0 Å². The molecule has 1 fully saturated rings. The molecule has 1 aliphatic heterocycles. The van der Waals surface area contributed by atoms with E-state index < -0.39 is 0 Å². The number of aryl methyl sites for hydroxylation is 2. The van der Waals surface area contributed by atoms with Crippen LogP contribution in [0.4, 0.5) is 0 Å². The van der Waals surface area contributed by atoms with E-state index >= 15 is 0 Å². The summed E-state index contributed by atoms with van der Waals surface area (Å²) in [6.45, 7) is 14.5. The van der Waals surface area contributed by atoms with E-state index in [1.54, 1.807) is 0 Å². The highest BCUT2D eigenvalue weighted by atomic mass is 32.1. The first-order chi connectivity index (χ1) is 15.4. The van der Waals surface area contributed by atoms with Crippen molar-refractivity contribution in [3.05, 3.63) is 45.2 Å². The highest BCUT2D eigenvalue weighted by Gasteiger charge is 2.22. The van der Waals surface area contributed by atoms with Gasteiger partial charge in [-0.3, -0.25) is 4.79 Å². The number of nitrogens with one attached hydrogen (secondary N) is 2. The number of aromatic amines is 1. The van der Waals surface area contributed by atoms with Crippen molar-refractivity contribution in [1.29, 1.82) is 0 Å². The Morgan fingerprint density at radius 3 is 2.72 bits per heavy atom. The van der Waals surface area contributed by atoms with Gasteiger partial charge >= 0.3 is 0 Å². The van der Waals surface area contributed by atoms with Gasteiger partial charge in [0.15, 0.2) is 5.11 Å². The lowest BCUT2D eigenvalue weighted by atomic mass is 10.1. The average molecular weight is 459 g/mol. The molecule has 0 saturated carbocycles. The number of rotatable bonds is 10. The lowest BCUT2D eigenvalue weighted by Crippen LogP contribution is -2.44. The molecule has 2 N–H and O–H groups in total. The second kappa shape index (κ2) is 11.8. The Bertz CT molecular complexity index is 964. The van der Waals surface area contributed by atoms with E-state index in [2.05, 4.69) is 53.0 Å². The van der Waals surface area contributed by atoms with Gasteiger partial charge in [0.1, 0.15) is 0 Å². The van der Waals surface area contributed by atoms with Gasteiger partial charge in [0, 0.05) is 25.3 Å². The number of nitrogens with zero attached hydrogens (tertiary/aromatic N) is 2. The molecule has 0 amide bonds. The lowest BCUT2D eigenvalue weighted by molar-refractivity contribution is 0.0896. The smallest absolute Gasteiger partial charge is 0.253 e. The molecule has 2 heterocycles. The summed E-state index contributed by atoms with van der Waals surface area (Å²) in [4.78, 5) is 20.5. The summed E-state index contributed by atoms with van der Waals surface area (Å²) in [5, 5.41) is 5.17. The topological polar surface area (TPSA) is 60.6 Å². The monoisotopic (exact) mass is 458 g/mol. The zero-order chi connectivity index (χ0) is 23.1. The van der Waals surface area contributed by atoms with Crippen molar-refractivity contribution < 1.29 is 4.74 Å². The van der Waals surface area contributed by atoms with Crippen molar-refractivity contribution >= 4 is 28.2 Å². The second-order valence-electron chi connectivity index (χ2n) is 8.80. The molecule has 1 atom stereocenters. The minimum Gasteiger partial charge on any atom is -0.376 e. The van der Waals surface area contributed by atoms with Crippen LogP contribution in [0.2, 0.25) is 0 Å². The van der Waals surface area contributed by atoms with Gasteiger partial charge in [-0.25, -0.2) is 0 Å². The Morgan fingerprint density at radius 1 is 1.25 bits per heavy atom. The molecule has 2 aromatic rings. The molecular weight excluding hydrogens is 420 g/mol. The van der Waals surface area contributed by atoms with Crippen LogP contribution < -0.4 is 10.9 Å². The average Bonchev–Trinajstić information content (AvgIpc) is 3.27. The molecular formula is C25H38N4O2S. The number of thiocarbonyl (C=S) groups is 1. The minimum absolute atomic E-state index is 0.0499. The predicted octanol–water partition coefficient (Wildman–Crippen LogP) is 3.73. The molecule has 1 aromatic carbocycles. The van der Waals surface area contributed by atoms with Crippen LogP contribution in [0, 0.1) is 13.8 Å². The Kier molecular flexibility index (Phi) is 9.08. The first kappa shape index (κ1) is 24.7. The van der Waals surface area contributed by atoms with Crippen LogP contribution in [0.5, 0.6) is 0 Å². The van der Waals surface area contributed by atoms with Gasteiger partial charge in [0.2, 0.25) is 0 Å². The Labute approximate surface area is 197 Å². The highest BCUT2D eigenvalue weighted by Crippen LogP contribution is 2.19. The molecule has 7 heteroatoms. The van der Waals surface area contributed by atoms with E-state index in [0.29, 0.717) is 18.2 Å². The van der Waals surface area contributed by atoms with Crippen LogP contribution in [0.25, 0.3) is 10.9 Å². The van der Waals surface area contributed by atoms with E-state index in [-0.39, 0.29) is 11.7 Å². The highest BCUT2D eigenvalue weighted by molar-refractivity contribution is 7.80. The summed E-state index contributed by atoms with van der Waals surface area (Å²) < 4.78 is 5.87. The number of ether oxygens (including phenoxy) is 1. The molecule has 3 rings (SSSR count). The minimum atomic E-state index is -0.0499. The van der Waals surface area contributed by atoms with Crippen molar-refractivity contribution in [2.45, 2.75) is 59.6 Å². The van der Waals surface area contributed by atoms with Crippen LogP contribution in [0.15, 0.2) is 23.0 Å². The fraction of sp³-hybridized carbons (Fsp3) is 0.600. The zero-order valence-electron chi connectivity index (χ0n) is 20.0. The predicted molar refractivity (Wildman–Crippen MR) is 136 cm³/mol. The van der Waals surface area contributed by atoms with Gasteiger partial charge in [0.25, 0.3) is 5.56 Å². The summed E-state index contributed by atoms with van der Waals surface area (Å²) in [6, 6.07) is 6.23. The van der Waals surface area contributed by atoms with Gasteiger partial charge in [-0.2, -0.15) is 0 Å². The molecule has 1 unspecified atom stereocenters. The molecule has 6 nitrogen and oxygen atoms in total. The molecule has 1 saturated heterocycles. The van der Waals surface area contributed by atoms with Crippen LogP contribution in [-0.4, -0.2) is 65.3 Å². The first-order valence-corrected chi connectivity index (χ1v) is 12.3. The van der Waals surface area contributed by atoms with E-state index in [1.807, 2.05) is 13.0 Å². The van der Waals surface area contributed by atoms with Crippen LogP contribution in [0.3, 0.4) is 0 Å². The van der Waals surface area contributed by atoms with Crippen LogP contribution >= 0.6 is 12.2 Å². The van der Waals surface area contributed by atoms with Gasteiger partial charge in [0.05, 0.1) is 18.2 Å². The van der Waals surface area contributed by atoms with Crippen molar-refractivity contribution in [2.75, 3.05) is 39.3 Å². The fourth-order valence-electron chi connectivity index (χ4n) is 4.46. The number of benzene rings is 1. The number of hydrogen-bond acceptors (Lipinski definition) is 4. The Morgan fingerprint density at radius 2 is 2.03 bits per heavy atom. The molecule has 0 spiro atoms. The van der Waals surface area contributed by atoms with Crippen LogP contribution in [0.1, 0.15) is 49.8 Å². The summed E-state index contributed by atoms with van der Waals surface area (Å²) in [7, 11) is 0. The molecule has 1 aromatic heterocycles. The van der Waals surface area contributed by atoms with Gasteiger partial charge in [-0.05, 0) is 88.0 Å². The molecule has 32 heavy (non-hydrogen) atoms. The Hall–Kier alpha value is -1.96. The first-order valence-electron chi connectivity index (χ1n) is 11.9. The number of hydrogen-bond donors (Lipinski definition) is 2. The van der Waals surface area contributed by atoms with Crippen LogP contribution in [-0.2, 0) is 11.3 Å². The summed E-state index contributed by atoms with van der Waals surface area (Å²) in [5.41, 5.74) is 3.87. The quantitative estimate of drug-likeness (QED) is 0.418. The summed E-state index contributed by atoms with van der Waals surface area (Å²) >= 11 is 5.76. The van der Waals surface area contributed by atoms with Crippen molar-refractivity contribution in [2.24, 2.45) is 0 Å². The largest absolute Gasteiger partial charge is 0.376 e. The Balaban J connectivity index is 1.73. The number of fused-ring (bicyclic) bond motifs is 1. The molecule has 176 valence electrons. The maximum absolute atomic E-state index is 12.9. The molecule has 1 aliphatic rings. The SMILES string of the molecule is CCN(CC)CCCNC(=S)N(Cc1cc2cc(C)cc(C)c2[nH]c1=O)CC1CCCO1. The molecule has 0 aliphatic carbocycles. The number of pyridine rings is 1. The number of H-pyrrole nitrogens is 1. The second-order valence-corrected chi connectivity index (χ2v) is 9.18. The van der Waals surface area contributed by atoms with Gasteiger partial charge < -0.3 is 24.8 Å². The maximum atomic E-state index is 12.9. The zero-order valence-corrected chi connectivity index (χ0v) is 20.8. The maximum Gasteiger partial charge on any atom is 0.253 e. The standard InChI is InChI=1S/C25H38N4O2S/c1-5-28(6-2)11-8-10-26-25(32)29(17-22-9-7-12-31-22)16-21-15-20-14-18(3)13-19(4)23(20)27-24(21)30/h13-15,22H,5-12,16-17H2,1-4H3,(H,26,32)(H,27,30). The van der Waals surface area contributed by atoms with E-state index in [1.165, 1.54) is 5.56 Å². The summed E-state index contributed by atoms with van der Waals surface area (Å²) in [5.74, 6) is 0. The van der Waals surface area contributed by atoms with Crippen molar-refractivity contribution in [1.82, 2.24) is 20.1 Å². The van der Waals surface area contributed by atoms with E-state index in [9.17, 15) is 4.79 Å². The van der Waals surface area contributed by atoms with Crippen molar-refractivity contribution in [3.8, 4) is 0 Å². The normalized spacial score (nSPS) is 16.1. The van der Waals surface area contributed by atoms with Gasteiger partial charge in [-0.1, -0.05) is 25.5 Å². The fourth-order valence-corrected chi connectivity index (χ4v) is 4.70. The van der Waals surface area contributed by atoms with E-state index in [0.717, 1.165) is 74.1 Å². The summed E-state index contributed by atoms with van der Waals surface area (Å²) in [6.07, 6.45) is 3.31. The van der Waals surface area contributed by atoms with Gasteiger partial charge in [-0.15, -0.1) is 0 Å². The van der Waals surface area contributed by atoms with Crippen molar-refractivity contribution in [3.63, 3.8) is 0 Å². The lowest BCUT2D eigenvalue weighted by Gasteiger charge is -2.28. The third kappa shape index (κ3) is 6.53. The number of aromatic nitrogens is 1.